The summed E-state index contributed by atoms with van der Waals surface area (Å²) in [7, 11) is 0. The van der Waals surface area contributed by atoms with E-state index in [0.717, 1.165) is 18.9 Å². The van der Waals surface area contributed by atoms with E-state index in [1.165, 1.54) is 19.4 Å². The van der Waals surface area contributed by atoms with Crippen LogP contribution < -0.4 is 0 Å². The molecule has 1 aliphatic rings. The maximum Gasteiger partial charge on any atom is 0.163 e. The lowest BCUT2D eigenvalue weighted by Gasteiger charge is -2.37. The number of rotatable bonds is 7. The van der Waals surface area contributed by atoms with E-state index < -0.39 is 5.82 Å². The molecular weight excluding hydrogens is 273 g/mol. The zero-order chi connectivity index (χ0) is 15.4. The summed E-state index contributed by atoms with van der Waals surface area (Å²) in [5.41, 5.74) is 0.464. The van der Waals surface area contributed by atoms with Crippen LogP contribution in [-0.2, 0) is 6.54 Å². The average molecular weight is 295 g/mol. The Labute approximate surface area is 124 Å². The standard InChI is InChI=1S/C16H22FNO3/c1-11(20)15-9-13(17)8-12(16(15)21)10-18(6-3-7-19)14-4-2-5-14/h8-9,14,19,21H,2-7,10H2,1H3. The van der Waals surface area contributed by atoms with Gasteiger partial charge in [0.15, 0.2) is 5.78 Å². The van der Waals surface area contributed by atoms with Crippen LogP contribution >= 0.6 is 0 Å². The van der Waals surface area contributed by atoms with E-state index in [1.54, 1.807) is 0 Å². The van der Waals surface area contributed by atoms with E-state index in [9.17, 15) is 14.3 Å². The van der Waals surface area contributed by atoms with Gasteiger partial charge in [0.2, 0.25) is 0 Å². The molecule has 0 aromatic heterocycles. The molecule has 0 heterocycles. The fourth-order valence-corrected chi connectivity index (χ4v) is 2.68. The third-order valence-electron chi connectivity index (χ3n) is 4.10. The lowest BCUT2D eigenvalue weighted by molar-refractivity contribution is 0.101. The van der Waals surface area contributed by atoms with Crippen molar-refractivity contribution in [3.05, 3.63) is 29.1 Å². The monoisotopic (exact) mass is 295 g/mol. The quantitative estimate of drug-likeness (QED) is 0.759. The summed E-state index contributed by atoms with van der Waals surface area (Å²) >= 11 is 0. The Morgan fingerprint density at radius 3 is 2.67 bits per heavy atom. The molecule has 1 saturated carbocycles. The summed E-state index contributed by atoms with van der Waals surface area (Å²) in [4.78, 5) is 13.6. The minimum Gasteiger partial charge on any atom is -0.507 e. The van der Waals surface area contributed by atoms with Crippen molar-refractivity contribution in [3.8, 4) is 5.75 Å². The molecular formula is C16H22FNO3. The molecule has 0 atom stereocenters. The lowest BCUT2D eigenvalue weighted by atomic mass is 9.90. The summed E-state index contributed by atoms with van der Waals surface area (Å²) in [5.74, 6) is -0.986. The number of nitrogens with zero attached hydrogens (tertiary/aromatic N) is 1. The fraction of sp³-hybridized carbons (Fsp3) is 0.562. The number of carbonyl (C=O) groups is 1. The number of Topliss-reactive ketones (excluding diaryl/α,β-unsaturated/α-hetero) is 1. The van der Waals surface area contributed by atoms with Gasteiger partial charge in [0, 0.05) is 31.3 Å². The third-order valence-corrected chi connectivity index (χ3v) is 4.10. The number of aliphatic hydroxyl groups excluding tert-OH is 1. The van der Waals surface area contributed by atoms with Crippen molar-refractivity contribution in [2.24, 2.45) is 0 Å². The highest BCUT2D eigenvalue weighted by atomic mass is 19.1. The van der Waals surface area contributed by atoms with E-state index in [1.807, 2.05) is 0 Å². The summed E-state index contributed by atoms with van der Waals surface area (Å²) in [6.07, 6.45) is 3.99. The van der Waals surface area contributed by atoms with Crippen molar-refractivity contribution in [2.75, 3.05) is 13.2 Å². The first kappa shape index (κ1) is 15.9. The van der Waals surface area contributed by atoms with Gasteiger partial charge in [-0.25, -0.2) is 4.39 Å². The van der Waals surface area contributed by atoms with Gasteiger partial charge in [-0.3, -0.25) is 9.69 Å². The Morgan fingerprint density at radius 1 is 1.43 bits per heavy atom. The maximum absolute atomic E-state index is 13.6. The second-order valence-electron chi connectivity index (χ2n) is 5.65. The smallest absolute Gasteiger partial charge is 0.163 e. The SMILES string of the molecule is CC(=O)c1cc(F)cc(CN(CCCO)C2CCC2)c1O. The van der Waals surface area contributed by atoms with Crippen molar-refractivity contribution in [3.63, 3.8) is 0 Å². The first-order chi connectivity index (χ1) is 10.0. The van der Waals surface area contributed by atoms with E-state index in [-0.39, 0.29) is 23.7 Å². The minimum atomic E-state index is -0.510. The van der Waals surface area contributed by atoms with Gasteiger partial charge in [0.1, 0.15) is 11.6 Å². The molecule has 2 N–H and O–H groups in total. The number of benzene rings is 1. The first-order valence-electron chi connectivity index (χ1n) is 7.40. The van der Waals surface area contributed by atoms with Gasteiger partial charge in [0.25, 0.3) is 0 Å². The van der Waals surface area contributed by atoms with Crippen LogP contribution in [0.3, 0.4) is 0 Å². The van der Waals surface area contributed by atoms with Crippen LogP contribution in [-0.4, -0.2) is 40.1 Å². The zero-order valence-corrected chi connectivity index (χ0v) is 12.3. The highest BCUT2D eigenvalue weighted by Crippen LogP contribution is 2.30. The highest BCUT2D eigenvalue weighted by Gasteiger charge is 2.26. The van der Waals surface area contributed by atoms with Crippen molar-refractivity contribution >= 4 is 5.78 Å². The minimum absolute atomic E-state index is 0.0284. The van der Waals surface area contributed by atoms with E-state index >= 15 is 0 Å². The molecule has 4 nitrogen and oxygen atoms in total. The number of halogens is 1. The number of hydrogen-bond acceptors (Lipinski definition) is 4. The molecule has 1 aliphatic carbocycles. The molecule has 0 amide bonds. The van der Waals surface area contributed by atoms with Crippen molar-refractivity contribution < 1.29 is 19.4 Å². The molecule has 2 rings (SSSR count). The summed E-state index contributed by atoms with van der Waals surface area (Å²) < 4.78 is 13.6. The molecule has 0 radical (unpaired) electrons. The number of carbonyl (C=O) groups excluding carboxylic acids is 1. The van der Waals surface area contributed by atoms with Gasteiger partial charge in [0.05, 0.1) is 5.56 Å². The van der Waals surface area contributed by atoms with Gasteiger partial charge in [-0.05, 0) is 38.3 Å². The van der Waals surface area contributed by atoms with Crippen LogP contribution in [0.4, 0.5) is 4.39 Å². The highest BCUT2D eigenvalue weighted by molar-refractivity contribution is 5.97. The summed E-state index contributed by atoms with van der Waals surface area (Å²) in [6, 6.07) is 2.77. The van der Waals surface area contributed by atoms with Crippen LogP contribution in [0, 0.1) is 5.82 Å². The Kier molecular flexibility index (Phi) is 5.31. The zero-order valence-electron chi connectivity index (χ0n) is 12.3. The number of aromatic hydroxyl groups is 1. The van der Waals surface area contributed by atoms with Crippen molar-refractivity contribution in [1.82, 2.24) is 4.90 Å². The molecule has 0 saturated heterocycles. The first-order valence-corrected chi connectivity index (χ1v) is 7.40. The molecule has 1 aromatic carbocycles. The number of ketones is 1. The summed E-state index contributed by atoms with van der Waals surface area (Å²) in [5, 5.41) is 19.2. The van der Waals surface area contributed by atoms with Gasteiger partial charge < -0.3 is 10.2 Å². The Morgan fingerprint density at radius 2 is 2.14 bits per heavy atom. The van der Waals surface area contributed by atoms with Crippen molar-refractivity contribution in [2.45, 2.75) is 45.2 Å². The topological polar surface area (TPSA) is 60.8 Å². The van der Waals surface area contributed by atoms with Gasteiger partial charge in [-0.1, -0.05) is 6.42 Å². The van der Waals surface area contributed by atoms with E-state index in [0.29, 0.717) is 31.1 Å². The van der Waals surface area contributed by atoms with Crippen LogP contribution in [0.2, 0.25) is 0 Å². The van der Waals surface area contributed by atoms with Crippen LogP contribution in [0.25, 0.3) is 0 Å². The maximum atomic E-state index is 13.6. The molecule has 1 fully saturated rings. The largest absolute Gasteiger partial charge is 0.507 e. The molecule has 21 heavy (non-hydrogen) atoms. The van der Waals surface area contributed by atoms with Crippen LogP contribution in [0.1, 0.15) is 48.5 Å². The Bertz CT molecular complexity index is 514. The fourth-order valence-electron chi connectivity index (χ4n) is 2.68. The van der Waals surface area contributed by atoms with Crippen LogP contribution in [0.15, 0.2) is 12.1 Å². The van der Waals surface area contributed by atoms with E-state index in [2.05, 4.69) is 4.90 Å². The lowest BCUT2D eigenvalue weighted by Crippen LogP contribution is -2.40. The average Bonchev–Trinajstić information content (AvgIpc) is 2.37. The number of phenols is 1. The molecule has 1 aromatic rings. The van der Waals surface area contributed by atoms with Crippen LogP contribution in [0.5, 0.6) is 5.75 Å². The van der Waals surface area contributed by atoms with Crippen molar-refractivity contribution in [1.29, 1.82) is 0 Å². The number of hydrogen-bond donors (Lipinski definition) is 2. The van der Waals surface area contributed by atoms with Gasteiger partial charge in [-0.15, -0.1) is 0 Å². The predicted molar refractivity (Wildman–Crippen MR) is 77.8 cm³/mol. The van der Waals surface area contributed by atoms with Gasteiger partial charge in [-0.2, -0.15) is 0 Å². The molecule has 0 bridgehead atoms. The van der Waals surface area contributed by atoms with Gasteiger partial charge >= 0.3 is 0 Å². The molecule has 0 spiro atoms. The second-order valence-corrected chi connectivity index (χ2v) is 5.65. The Balaban J connectivity index is 2.21. The normalized spacial score (nSPS) is 15.2. The molecule has 0 unspecified atom stereocenters. The predicted octanol–water partition coefficient (Wildman–Crippen LogP) is 2.47. The number of aliphatic hydroxyl groups is 1. The third kappa shape index (κ3) is 3.80. The van der Waals surface area contributed by atoms with E-state index in [4.69, 9.17) is 5.11 Å². The Hall–Kier alpha value is -1.46. The second kappa shape index (κ2) is 7.00. The molecule has 5 heteroatoms. The number of phenolic OH excluding ortho intramolecular Hbond substituents is 1. The molecule has 116 valence electrons. The summed E-state index contributed by atoms with van der Waals surface area (Å²) in [6.45, 7) is 2.52. The molecule has 0 aliphatic heterocycles.